The molecule has 0 saturated carbocycles. The van der Waals surface area contributed by atoms with Crippen molar-refractivity contribution < 1.29 is 9.53 Å². The summed E-state index contributed by atoms with van der Waals surface area (Å²) in [5, 5.41) is 0. The molecular weight excluding hydrogens is 294 g/mol. The highest BCUT2D eigenvalue weighted by Gasteiger charge is 2.22. The topological polar surface area (TPSA) is 77.0 Å². The number of imidazole rings is 1. The molecular formula is C17H17N3O3. The molecule has 0 fully saturated rings. The quantitative estimate of drug-likeness (QED) is 0.733. The second-order valence-corrected chi connectivity index (χ2v) is 5.13. The molecule has 2 aromatic heterocycles. The van der Waals surface area contributed by atoms with Crippen molar-refractivity contribution in [2.75, 3.05) is 6.61 Å². The number of hydrogen-bond donors (Lipinski definition) is 1. The largest absolute Gasteiger partial charge is 0.466 e. The SMILES string of the molecule is CCOC(=O)CC(c1ccccc1)n1c(=O)[nH]c2cnccc21. The van der Waals surface area contributed by atoms with Crippen LogP contribution in [0, 0.1) is 0 Å². The van der Waals surface area contributed by atoms with Gasteiger partial charge in [0.1, 0.15) is 0 Å². The lowest BCUT2D eigenvalue weighted by molar-refractivity contribution is -0.143. The van der Waals surface area contributed by atoms with Crippen LogP contribution < -0.4 is 5.69 Å². The molecule has 0 spiro atoms. The number of nitrogens with one attached hydrogen (secondary N) is 1. The van der Waals surface area contributed by atoms with Gasteiger partial charge in [-0.3, -0.25) is 14.3 Å². The first-order valence-corrected chi connectivity index (χ1v) is 7.45. The summed E-state index contributed by atoms with van der Waals surface area (Å²) in [6.07, 6.45) is 3.31. The van der Waals surface area contributed by atoms with Gasteiger partial charge >= 0.3 is 11.7 Å². The predicted molar refractivity (Wildman–Crippen MR) is 86.2 cm³/mol. The van der Waals surface area contributed by atoms with Crippen LogP contribution in [-0.2, 0) is 9.53 Å². The number of hydrogen-bond acceptors (Lipinski definition) is 4. The summed E-state index contributed by atoms with van der Waals surface area (Å²) in [5.74, 6) is -0.336. The first kappa shape index (κ1) is 15.0. The molecule has 3 rings (SSSR count). The van der Waals surface area contributed by atoms with Gasteiger partial charge in [-0.2, -0.15) is 0 Å². The van der Waals surface area contributed by atoms with Crippen LogP contribution in [0.25, 0.3) is 11.0 Å². The molecule has 2 heterocycles. The summed E-state index contributed by atoms with van der Waals surface area (Å²) < 4.78 is 6.65. The van der Waals surface area contributed by atoms with Crippen LogP contribution in [0.1, 0.15) is 24.9 Å². The Morgan fingerprint density at radius 2 is 2.09 bits per heavy atom. The molecule has 118 valence electrons. The second kappa shape index (κ2) is 6.48. The Bertz CT molecular complexity index is 867. The van der Waals surface area contributed by atoms with Gasteiger partial charge in [0.05, 0.1) is 36.3 Å². The third-order valence-corrected chi connectivity index (χ3v) is 3.68. The zero-order chi connectivity index (χ0) is 16.2. The Hall–Kier alpha value is -2.89. The van der Waals surface area contributed by atoms with Crippen molar-refractivity contribution in [1.29, 1.82) is 0 Å². The van der Waals surface area contributed by atoms with Crippen LogP contribution in [0.5, 0.6) is 0 Å². The summed E-state index contributed by atoms with van der Waals surface area (Å²) in [6, 6.07) is 10.8. The summed E-state index contributed by atoms with van der Waals surface area (Å²) in [4.78, 5) is 31.2. The van der Waals surface area contributed by atoms with Gasteiger partial charge in [-0.25, -0.2) is 4.79 Å². The number of esters is 1. The lowest BCUT2D eigenvalue weighted by atomic mass is 10.0. The molecule has 0 bridgehead atoms. The van der Waals surface area contributed by atoms with Gasteiger partial charge in [0, 0.05) is 6.20 Å². The molecule has 0 aliphatic carbocycles. The van der Waals surface area contributed by atoms with E-state index in [2.05, 4.69) is 9.97 Å². The number of pyridine rings is 1. The normalized spacial score (nSPS) is 12.2. The van der Waals surface area contributed by atoms with Crippen molar-refractivity contribution in [1.82, 2.24) is 14.5 Å². The molecule has 6 heteroatoms. The zero-order valence-corrected chi connectivity index (χ0v) is 12.7. The molecule has 1 N–H and O–H groups in total. The summed E-state index contributed by atoms with van der Waals surface area (Å²) in [5.41, 5.74) is 1.96. The van der Waals surface area contributed by atoms with E-state index in [1.165, 1.54) is 0 Å². The van der Waals surface area contributed by atoms with Gasteiger partial charge < -0.3 is 9.72 Å². The minimum absolute atomic E-state index is 0.0903. The Morgan fingerprint density at radius 3 is 2.83 bits per heavy atom. The van der Waals surface area contributed by atoms with Gasteiger partial charge in [-0.05, 0) is 18.6 Å². The molecule has 23 heavy (non-hydrogen) atoms. The summed E-state index contributed by atoms with van der Waals surface area (Å²) in [6.45, 7) is 2.08. The first-order valence-electron chi connectivity index (χ1n) is 7.45. The van der Waals surface area contributed by atoms with Crippen molar-refractivity contribution >= 4 is 17.0 Å². The van der Waals surface area contributed by atoms with Crippen LogP contribution >= 0.6 is 0 Å². The maximum Gasteiger partial charge on any atom is 0.327 e. The average Bonchev–Trinajstić information content (AvgIpc) is 2.89. The highest BCUT2D eigenvalue weighted by atomic mass is 16.5. The molecule has 3 aromatic rings. The number of rotatable bonds is 5. The first-order chi connectivity index (χ1) is 11.2. The average molecular weight is 311 g/mol. The number of aromatic nitrogens is 3. The van der Waals surface area contributed by atoms with Crippen molar-refractivity contribution in [2.45, 2.75) is 19.4 Å². The third-order valence-electron chi connectivity index (χ3n) is 3.68. The monoisotopic (exact) mass is 311 g/mol. The maximum absolute atomic E-state index is 12.4. The van der Waals surface area contributed by atoms with Crippen molar-refractivity contribution in [3.8, 4) is 0 Å². The van der Waals surface area contributed by atoms with E-state index in [-0.39, 0.29) is 18.1 Å². The lowest BCUT2D eigenvalue weighted by Gasteiger charge is -2.18. The number of benzene rings is 1. The molecule has 0 radical (unpaired) electrons. The molecule has 0 aliphatic rings. The predicted octanol–water partition coefficient (Wildman–Crippen LogP) is 2.27. The Balaban J connectivity index is 2.12. The van der Waals surface area contributed by atoms with E-state index in [4.69, 9.17) is 4.74 Å². The fourth-order valence-corrected chi connectivity index (χ4v) is 2.70. The highest BCUT2D eigenvalue weighted by molar-refractivity contribution is 5.75. The van der Waals surface area contributed by atoms with Gasteiger partial charge in [0.25, 0.3) is 0 Å². The lowest BCUT2D eigenvalue weighted by Crippen LogP contribution is -2.25. The number of aromatic amines is 1. The highest BCUT2D eigenvalue weighted by Crippen LogP contribution is 2.24. The van der Waals surface area contributed by atoms with Crippen LogP contribution in [-0.4, -0.2) is 27.1 Å². The minimum Gasteiger partial charge on any atom is -0.466 e. The summed E-state index contributed by atoms with van der Waals surface area (Å²) in [7, 11) is 0. The number of H-pyrrole nitrogens is 1. The number of fused-ring (bicyclic) bond motifs is 1. The van der Waals surface area contributed by atoms with E-state index in [1.54, 1.807) is 30.0 Å². The van der Waals surface area contributed by atoms with Crippen LogP contribution in [0.4, 0.5) is 0 Å². The molecule has 1 aromatic carbocycles. The molecule has 0 amide bonds. The van der Waals surface area contributed by atoms with Crippen LogP contribution in [0.2, 0.25) is 0 Å². The number of carbonyl (C=O) groups excluding carboxylic acids is 1. The molecule has 0 aliphatic heterocycles. The standard InChI is InChI=1S/C17H17N3O3/c1-2-23-16(21)10-15(12-6-4-3-5-7-12)20-14-8-9-18-11-13(14)19-17(20)22/h3-9,11,15H,2,10H2,1H3,(H,19,22). The Kier molecular flexibility index (Phi) is 4.23. The van der Waals surface area contributed by atoms with Crippen LogP contribution in [0.15, 0.2) is 53.6 Å². The van der Waals surface area contributed by atoms with Crippen LogP contribution in [0.3, 0.4) is 0 Å². The zero-order valence-electron chi connectivity index (χ0n) is 12.7. The van der Waals surface area contributed by atoms with E-state index < -0.39 is 6.04 Å². The van der Waals surface area contributed by atoms with E-state index >= 15 is 0 Å². The maximum atomic E-state index is 12.4. The third kappa shape index (κ3) is 3.01. The van der Waals surface area contributed by atoms with Gasteiger partial charge in [-0.1, -0.05) is 30.3 Å². The molecule has 1 atom stereocenters. The fourth-order valence-electron chi connectivity index (χ4n) is 2.70. The Labute approximate surface area is 132 Å². The fraction of sp³-hybridized carbons (Fsp3) is 0.235. The molecule has 0 saturated heterocycles. The minimum atomic E-state index is -0.432. The van der Waals surface area contributed by atoms with Gasteiger partial charge in [0.15, 0.2) is 0 Å². The smallest absolute Gasteiger partial charge is 0.327 e. The number of carbonyl (C=O) groups is 1. The van der Waals surface area contributed by atoms with Crippen molar-refractivity contribution in [2.24, 2.45) is 0 Å². The van der Waals surface area contributed by atoms with E-state index in [1.807, 2.05) is 30.3 Å². The number of ether oxygens (including phenoxy) is 1. The summed E-state index contributed by atoms with van der Waals surface area (Å²) >= 11 is 0. The second-order valence-electron chi connectivity index (χ2n) is 5.13. The van der Waals surface area contributed by atoms with Crippen molar-refractivity contribution in [3.63, 3.8) is 0 Å². The van der Waals surface area contributed by atoms with E-state index in [0.29, 0.717) is 17.6 Å². The number of nitrogens with zero attached hydrogens (tertiary/aromatic N) is 2. The molecule has 1 unspecified atom stereocenters. The Morgan fingerprint density at radius 1 is 1.30 bits per heavy atom. The van der Waals surface area contributed by atoms with Gasteiger partial charge in [-0.15, -0.1) is 0 Å². The molecule has 6 nitrogen and oxygen atoms in total. The van der Waals surface area contributed by atoms with Gasteiger partial charge in [0.2, 0.25) is 0 Å². The van der Waals surface area contributed by atoms with Crippen molar-refractivity contribution in [3.05, 3.63) is 64.8 Å². The van der Waals surface area contributed by atoms with E-state index in [0.717, 1.165) is 5.56 Å². The van der Waals surface area contributed by atoms with E-state index in [9.17, 15) is 9.59 Å².